The lowest BCUT2D eigenvalue weighted by atomic mass is 10.0. The summed E-state index contributed by atoms with van der Waals surface area (Å²) in [7, 11) is 1.98. The Morgan fingerprint density at radius 3 is 2.63 bits per heavy atom. The molecule has 0 N–H and O–H groups in total. The van der Waals surface area contributed by atoms with E-state index >= 15 is 0 Å². The molecule has 0 atom stereocenters. The molecule has 19 heavy (non-hydrogen) atoms. The predicted molar refractivity (Wildman–Crippen MR) is 77.2 cm³/mol. The van der Waals surface area contributed by atoms with Crippen LogP contribution in [0.5, 0.6) is 0 Å². The molecule has 1 fully saturated rings. The largest absolute Gasteiger partial charge is 0.350 e. The van der Waals surface area contributed by atoms with Gasteiger partial charge in [0.05, 0.1) is 5.56 Å². The molecule has 98 valence electrons. The Balaban J connectivity index is 1.96. The molecule has 0 saturated carbocycles. The molecule has 1 aliphatic rings. The molecule has 3 rings (SSSR count). The quantitative estimate of drug-likeness (QED) is 0.718. The average Bonchev–Trinajstić information content (AvgIpc) is 2.77. The summed E-state index contributed by atoms with van der Waals surface area (Å²) in [5.74, 6) is 0.143. The van der Waals surface area contributed by atoms with E-state index in [1.54, 1.807) is 0 Å². The van der Waals surface area contributed by atoms with E-state index in [1.165, 1.54) is 5.57 Å². The topological polar surface area (TPSA) is 25.2 Å². The zero-order valence-corrected chi connectivity index (χ0v) is 11.2. The molecule has 1 aromatic heterocycles. The normalized spacial score (nSPS) is 16.1. The lowest BCUT2D eigenvalue weighted by Gasteiger charge is -2.27. The standard InChI is InChI=1S/C16H18N2O/c1-12-7-9-18(10-8-12)16(19)14-11-17(2)15-6-4-3-5-13(14)15/h3-6,11H,1,7-10H2,2H3. The van der Waals surface area contributed by atoms with Gasteiger partial charge in [0.2, 0.25) is 0 Å². The minimum atomic E-state index is 0.143. The monoisotopic (exact) mass is 254 g/mol. The van der Waals surface area contributed by atoms with Crippen molar-refractivity contribution in [3.05, 3.63) is 48.2 Å². The molecule has 1 amide bonds. The smallest absolute Gasteiger partial charge is 0.256 e. The van der Waals surface area contributed by atoms with E-state index in [-0.39, 0.29) is 5.91 Å². The molecule has 3 heteroatoms. The van der Waals surface area contributed by atoms with Crippen LogP contribution in [0.3, 0.4) is 0 Å². The number of carbonyl (C=O) groups is 1. The number of carbonyl (C=O) groups excluding carboxylic acids is 1. The van der Waals surface area contributed by atoms with Crippen molar-refractivity contribution < 1.29 is 4.79 Å². The number of benzene rings is 1. The van der Waals surface area contributed by atoms with Crippen molar-refractivity contribution in [3.8, 4) is 0 Å². The van der Waals surface area contributed by atoms with Gasteiger partial charge in [0, 0.05) is 37.2 Å². The van der Waals surface area contributed by atoms with E-state index in [9.17, 15) is 4.79 Å². The summed E-state index contributed by atoms with van der Waals surface area (Å²) in [4.78, 5) is 14.6. The first-order valence-corrected chi connectivity index (χ1v) is 6.67. The van der Waals surface area contributed by atoms with E-state index < -0.39 is 0 Å². The zero-order valence-electron chi connectivity index (χ0n) is 11.2. The van der Waals surface area contributed by atoms with Crippen LogP contribution in [0, 0.1) is 0 Å². The van der Waals surface area contributed by atoms with Crippen LogP contribution in [0.2, 0.25) is 0 Å². The highest BCUT2D eigenvalue weighted by atomic mass is 16.2. The first-order valence-electron chi connectivity index (χ1n) is 6.67. The molecule has 1 aliphatic heterocycles. The molecule has 2 heterocycles. The van der Waals surface area contributed by atoms with Gasteiger partial charge in [-0.2, -0.15) is 0 Å². The number of hydrogen-bond donors (Lipinski definition) is 0. The maximum atomic E-state index is 12.6. The van der Waals surface area contributed by atoms with Crippen molar-refractivity contribution in [1.29, 1.82) is 0 Å². The van der Waals surface area contributed by atoms with Crippen LogP contribution in [0.15, 0.2) is 42.6 Å². The fourth-order valence-corrected chi connectivity index (χ4v) is 2.71. The van der Waals surface area contributed by atoms with Crippen LogP contribution < -0.4 is 0 Å². The Morgan fingerprint density at radius 1 is 1.21 bits per heavy atom. The highest BCUT2D eigenvalue weighted by molar-refractivity contribution is 6.07. The number of fused-ring (bicyclic) bond motifs is 1. The first-order chi connectivity index (χ1) is 9.16. The Morgan fingerprint density at radius 2 is 1.89 bits per heavy atom. The molecular formula is C16H18N2O. The van der Waals surface area contributed by atoms with Gasteiger partial charge >= 0.3 is 0 Å². The summed E-state index contributed by atoms with van der Waals surface area (Å²) in [6.07, 6.45) is 3.80. The molecule has 0 aliphatic carbocycles. The zero-order chi connectivity index (χ0) is 13.4. The lowest BCUT2D eigenvalue weighted by molar-refractivity contribution is 0.0745. The molecular weight excluding hydrogens is 236 g/mol. The van der Waals surface area contributed by atoms with Crippen LogP contribution in [0.4, 0.5) is 0 Å². The van der Waals surface area contributed by atoms with E-state index in [2.05, 4.69) is 6.58 Å². The van der Waals surface area contributed by atoms with Crippen LogP contribution >= 0.6 is 0 Å². The number of piperidine rings is 1. The van der Waals surface area contributed by atoms with Crippen molar-refractivity contribution in [1.82, 2.24) is 9.47 Å². The van der Waals surface area contributed by atoms with Gasteiger partial charge in [0.15, 0.2) is 0 Å². The third-order valence-corrected chi connectivity index (χ3v) is 3.89. The summed E-state index contributed by atoms with van der Waals surface area (Å²) < 4.78 is 2.02. The fraction of sp³-hybridized carbons (Fsp3) is 0.312. The highest BCUT2D eigenvalue weighted by Gasteiger charge is 2.22. The van der Waals surface area contributed by atoms with Crippen LogP contribution in [-0.4, -0.2) is 28.5 Å². The molecule has 0 spiro atoms. The van der Waals surface area contributed by atoms with E-state index in [4.69, 9.17) is 0 Å². The maximum absolute atomic E-state index is 12.6. The van der Waals surface area contributed by atoms with E-state index in [0.717, 1.165) is 42.4 Å². The second-order valence-electron chi connectivity index (χ2n) is 5.21. The molecule has 0 bridgehead atoms. The fourth-order valence-electron chi connectivity index (χ4n) is 2.71. The molecule has 1 saturated heterocycles. The third kappa shape index (κ3) is 2.05. The summed E-state index contributed by atoms with van der Waals surface area (Å²) in [6.45, 7) is 5.58. The van der Waals surface area contributed by atoms with Crippen molar-refractivity contribution >= 4 is 16.8 Å². The number of rotatable bonds is 1. The predicted octanol–water partition coefficient (Wildman–Crippen LogP) is 2.97. The van der Waals surface area contributed by atoms with Crippen LogP contribution in [0.25, 0.3) is 10.9 Å². The second-order valence-corrected chi connectivity index (χ2v) is 5.21. The number of nitrogens with zero attached hydrogens (tertiary/aromatic N) is 2. The van der Waals surface area contributed by atoms with Crippen LogP contribution in [-0.2, 0) is 7.05 Å². The van der Waals surface area contributed by atoms with Gasteiger partial charge in [0.1, 0.15) is 0 Å². The van der Waals surface area contributed by atoms with Crippen LogP contribution in [0.1, 0.15) is 23.2 Å². The number of para-hydroxylation sites is 1. The van der Waals surface area contributed by atoms with E-state index in [0.29, 0.717) is 0 Å². The minimum absolute atomic E-state index is 0.143. The molecule has 0 radical (unpaired) electrons. The summed E-state index contributed by atoms with van der Waals surface area (Å²) in [5, 5.41) is 1.04. The Hall–Kier alpha value is -2.03. The summed E-state index contributed by atoms with van der Waals surface area (Å²) in [6, 6.07) is 8.05. The van der Waals surface area contributed by atoms with Gasteiger partial charge in [-0.25, -0.2) is 0 Å². The number of hydrogen-bond acceptors (Lipinski definition) is 1. The number of likely N-dealkylation sites (tertiary alicyclic amines) is 1. The van der Waals surface area contributed by atoms with Crippen molar-refractivity contribution in [3.63, 3.8) is 0 Å². The molecule has 3 nitrogen and oxygen atoms in total. The number of amides is 1. The van der Waals surface area contributed by atoms with Gasteiger partial charge in [-0.05, 0) is 18.9 Å². The third-order valence-electron chi connectivity index (χ3n) is 3.89. The van der Waals surface area contributed by atoms with Gasteiger partial charge in [0.25, 0.3) is 5.91 Å². The lowest BCUT2D eigenvalue weighted by Crippen LogP contribution is -2.36. The van der Waals surface area contributed by atoms with Gasteiger partial charge in [-0.15, -0.1) is 0 Å². The minimum Gasteiger partial charge on any atom is -0.350 e. The van der Waals surface area contributed by atoms with Gasteiger partial charge in [-0.1, -0.05) is 30.4 Å². The van der Waals surface area contributed by atoms with E-state index in [1.807, 2.05) is 47.0 Å². The molecule has 1 aromatic carbocycles. The highest BCUT2D eigenvalue weighted by Crippen LogP contribution is 2.23. The van der Waals surface area contributed by atoms with Crippen molar-refractivity contribution in [2.75, 3.05) is 13.1 Å². The molecule has 0 unspecified atom stereocenters. The summed E-state index contributed by atoms with van der Waals surface area (Å²) >= 11 is 0. The van der Waals surface area contributed by atoms with Crippen molar-refractivity contribution in [2.24, 2.45) is 7.05 Å². The summed E-state index contributed by atoms with van der Waals surface area (Å²) in [5.41, 5.74) is 3.17. The Kier molecular flexibility index (Phi) is 2.90. The molecule has 2 aromatic rings. The Labute approximate surface area is 113 Å². The van der Waals surface area contributed by atoms with Gasteiger partial charge in [-0.3, -0.25) is 4.79 Å². The average molecular weight is 254 g/mol. The number of aryl methyl sites for hydroxylation is 1. The van der Waals surface area contributed by atoms with Gasteiger partial charge < -0.3 is 9.47 Å². The maximum Gasteiger partial charge on any atom is 0.256 e. The SMILES string of the molecule is C=C1CCN(C(=O)c2cn(C)c3ccccc23)CC1. The van der Waals surface area contributed by atoms with Crippen molar-refractivity contribution in [2.45, 2.75) is 12.8 Å². The second kappa shape index (κ2) is 4.57. The number of aromatic nitrogens is 1. The first kappa shape index (κ1) is 12.0. The Bertz CT molecular complexity index is 644.